The minimum Gasteiger partial charge on any atom is -0.368 e. The van der Waals surface area contributed by atoms with E-state index in [0.29, 0.717) is 17.8 Å². The molecular formula is C17H25N3O. The number of fused-ring (bicyclic) bond motifs is 1. The largest absolute Gasteiger partial charge is 0.368 e. The van der Waals surface area contributed by atoms with Crippen LogP contribution in [0.2, 0.25) is 0 Å². The number of nitrogens with zero attached hydrogens (tertiary/aromatic N) is 2. The van der Waals surface area contributed by atoms with Crippen molar-refractivity contribution in [1.29, 1.82) is 0 Å². The number of piperidine rings is 1. The van der Waals surface area contributed by atoms with Gasteiger partial charge in [0.1, 0.15) is 11.5 Å². The monoisotopic (exact) mass is 287 g/mol. The van der Waals surface area contributed by atoms with Crippen molar-refractivity contribution in [2.75, 3.05) is 11.9 Å². The number of likely N-dealkylation sites (tertiary alicyclic amines) is 1. The highest BCUT2D eigenvalue weighted by molar-refractivity contribution is 5.93. The van der Waals surface area contributed by atoms with Crippen LogP contribution in [-0.2, 0) is 0 Å². The smallest absolute Gasteiger partial charge is 0.272 e. The van der Waals surface area contributed by atoms with Crippen LogP contribution in [0.4, 0.5) is 5.82 Å². The lowest BCUT2D eigenvalue weighted by atomic mass is 9.91. The first-order valence-electron chi connectivity index (χ1n) is 8.19. The minimum absolute atomic E-state index is 0.110. The molecule has 3 rings (SSSR count). The lowest BCUT2D eigenvalue weighted by Crippen LogP contribution is -2.46. The summed E-state index contributed by atoms with van der Waals surface area (Å²) in [5, 5.41) is 3.27. The fourth-order valence-electron chi connectivity index (χ4n) is 3.78. The Morgan fingerprint density at radius 3 is 2.90 bits per heavy atom. The van der Waals surface area contributed by atoms with Crippen LogP contribution in [0.3, 0.4) is 0 Å². The Morgan fingerprint density at radius 2 is 2.10 bits per heavy atom. The quantitative estimate of drug-likeness (QED) is 0.927. The summed E-state index contributed by atoms with van der Waals surface area (Å²) in [5.74, 6) is 1.62. The van der Waals surface area contributed by atoms with Crippen LogP contribution in [0.15, 0.2) is 18.2 Å². The van der Waals surface area contributed by atoms with Crippen LogP contribution in [-0.4, -0.2) is 34.4 Å². The first kappa shape index (κ1) is 14.4. The molecule has 2 unspecified atom stereocenters. The van der Waals surface area contributed by atoms with Crippen molar-refractivity contribution in [2.45, 2.75) is 58.0 Å². The van der Waals surface area contributed by atoms with Crippen LogP contribution < -0.4 is 5.32 Å². The Morgan fingerprint density at radius 1 is 1.29 bits per heavy atom. The van der Waals surface area contributed by atoms with E-state index < -0.39 is 0 Å². The molecule has 2 aliphatic rings. The number of hydrogen-bond donors (Lipinski definition) is 1. The average Bonchev–Trinajstić information content (AvgIpc) is 2.94. The number of carbonyl (C=O) groups excluding carboxylic acids is 1. The maximum absolute atomic E-state index is 12.8. The number of hydrogen-bond acceptors (Lipinski definition) is 3. The number of rotatable bonds is 3. The van der Waals surface area contributed by atoms with Gasteiger partial charge in [0.2, 0.25) is 0 Å². The predicted octanol–water partition coefficient (Wildman–Crippen LogP) is 3.31. The summed E-state index contributed by atoms with van der Waals surface area (Å²) in [6.45, 7) is 5.04. The van der Waals surface area contributed by atoms with Crippen LogP contribution in [0, 0.1) is 5.92 Å². The standard InChI is InChI=1S/C17H25N3O/c1-12(2)18-16-10-4-8-14(19-16)17(21)20-11-5-7-13-6-3-9-15(13)20/h4,8,10,12-13,15H,3,5-7,9,11H2,1-2H3,(H,18,19). The summed E-state index contributed by atoms with van der Waals surface area (Å²) >= 11 is 0. The van der Waals surface area contributed by atoms with E-state index in [1.54, 1.807) is 0 Å². The molecule has 4 heteroatoms. The molecule has 1 amide bonds. The van der Waals surface area contributed by atoms with Gasteiger partial charge in [0.05, 0.1) is 0 Å². The third-order valence-corrected chi connectivity index (χ3v) is 4.66. The molecule has 1 saturated heterocycles. The molecule has 0 bridgehead atoms. The normalized spacial score (nSPS) is 25.0. The molecule has 114 valence electrons. The summed E-state index contributed by atoms with van der Waals surface area (Å²) in [4.78, 5) is 19.4. The molecule has 0 aromatic carbocycles. The second-order valence-corrected chi connectivity index (χ2v) is 6.61. The summed E-state index contributed by atoms with van der Waals surface area (Å²) in [6, 6.07) is 6.45. The highest BCUT2D eigenvalue weighted by Gasteiger charge is 2.37. The highest BCUT2D eigenvalue weighted by Crippen LogP contribution is 2.37. The van der Waals surface area contributed by atoms with Crippen molar-refractivity contribution in [1.82, 2.24) is 9.88 Å². The number of aromatic nitrogens is 1. The van der Waals surface area contributed by atoms with Crippen molar-refractivity contribution in [3.63, 3.8) is 0 Å². The van der Waals surface area contributed by atoms with Gasteiger partial charge in [0.15, 0.2) is 0 Å². The SMILES string of the molecule is CC(C)Nc1cccc(C(=O)N2CCCC3CCCC32)n1. The van der Waals surface area contributed by atoms with Gasteiger partial charge in [-0.05, 0) is 57.6 Å². The Hall–Kier alpha value is -1.58. The van der Waals surface area contributed by atoms with Crippen molar-refractivity contribution in [3.05, 3.63) is 23.9 Å². The first-order chi connectivity index (χ1) is 10.1. The van der Waals surface area contributed by atoms with Gasteiger partial charge >= 0.3 is 0 Å². The van der Waals surface area contributed by atoms with E-state index in [1.807, 2.05) is 18.2 Å². The summed E-state index contributed by atoms with van der Waals surface area (Å²) in [5.41, 5.74) is 0.577. The van der Waals surface area contributed by atoms with Crippen LogP contribution in [0.25, 0.3) is 0 Å². The molecule has 2 atom stereocenters. The van der Waals surface area contributed by atoms with Gasteiger partial charge < -0.3 is 10.2 Å². The Labute approximate surface area is 126 Å². The van der Waals surface area contributed by atoms with E-state index in [4.69, 9.17) is 0 Å². The summed E-state index contributed by atoms with van der Waals surface area (Å²) < 4.78 is 0. The zero-order valence-corrected chi connectivity index (χ0v) is 13.0. The number of carbonyl (C=O) groups is 1. The van der Waals surface area contributed by atoms with Gasteiger partial charge in [-0.1, -0.05) is 12.5 Å². The number of pyridine rings is 1. The molecule has 4 nitrogen and oxygen atoms in total. The third kappa shape index (κ3) is 3.04. The van der Waals surface area contributed by atoms with E-state index in [-0.39, 0.29) is 5.91 Å². The molecule has 2 heterocycles. The van der Waals surface area contributed by atoms with Gasteiger partial charge in [0.25, 0.3) is 5.91 Å². The molecule has 0 radical (unpaired) electrons. The zero-order chi connectivity index (χ0) is 14.8. The minimum atomic E-state index is 0.110. The molecule has 0 spiro atoms. The molecule has 1 aliphatic carbocycles. The lowest BCUT2D eigenvalue weighted by Gasteiger charge is -2.37. The zero-order valence-electron chi connectivity index (χ0n) is 13.0. The number of amides is 1. The van der Waals surface area contributed by atoms with Crippen molar-refractivity contribution < 1.29 is 4.79 Å². The van der Waals surface area contributed by atoms with E-state index in [1.165, 1.54) is 25.7 Å². The van der Waals surface area contributed by atoms with Gasteiger partial charge in [-0.3, -0.25) is 4.79 Å². The predicted molar refractivity (Wildman–Crippen MR) is 84.4 cm³/mol. The summed E-state index contributed by atoms with van der Waals surface area (Å²) in [7, 11) is 0. The fourth-order valence-corrected chi connectivity index (χ4v) is 3.78. The van der Waals surface area contributed by atoms with Crippen LogP contribution in [0.1, 0.15) is 56.4 Å². The number of nitrogens with one attached hydrogen (secondary N) is 1. The maximum atomic E-state index is 12.8. The highest BCUT2D eigenvalue weighted by atomic mass is 16.2. The molecule has 1 saturated carbocycles. The van der Waals surface area contributed by atoms with E-state index in [0.717, 1.165) is 24.7 Å². The Kier molecular flexibility index (Phi) is 4.13. The van der Waals surface area contributed by atoms with E-state index in [9.17, 15) is 4.79 Å². The average molecular weight is 287 g/mol. The topological polar surface area (TPSA) is 45.2 Å². The van der Waals surface area contributed by atoms with Crippen LogP contribution in [0.5, 0.6) is 0 Å². The molecule has 2 fully saturated rings. The Bertz CT molecular complexity index is 515. The summed E-state index contributed by atoms with van der Waals surface area (Å²) in [6.07, 6.45) is 6.15. The molecule has 1 aromatic rings. The maximum Gasteiger partial charge on any atom is 0.272 e. The lowest BCUT2D eigenvalue weighted by molar-refractivity contribution is 0.0542. The van der Waals surface area contributed by atoms with Gasteiger partial charge in [-0.25, -0.2) is 4.98 Å². The van der Waals surface area contributed by atoms with E-state index >= 15 is 0 Å². The van der Waals surface area contributed by atoms with Gasteiger partial charge in [0, 0.05) is 18.6 Å². The third-order valence-electron chi connectivity index (χ3n) is 4.66. The van der Waals surface area contributed by atoms with E-state index in [2.05, 4.69) is 29.0 Å². The fraction of sp³-hybridized carbons (Fsp3) is 0.647. The van der Waals surface area contributed by atoms with Gasteiger partial charge in [-0.15, -0.1) is 0 Å². The molecule has 1 N–H and O–H groups in total. The molecular weight excluding hydrogens is 262 g/mol. The second kappa shape index (κ2) is 6.04. The van der Waals surface area contributed by atoms with Crippen molar-refractivity contribution in [3.8, 4) is 0 Å². The molecule has 21 heavy (non-hydrogen) atoms. The number of anilines is 1. The second-order valence-electron chi connectivity index (χ2n) is 6.61. The van der Waals surface area contributed by atoms with Gasteiger partial charge in [-0.2, -0.15) is 0 Å². The first-order valence-corrected chi connectivity index (χ1v) is 8.19. The van der Waals surface area contributed by atoms with Crippen molar-refractivity contribution in [2.24, 2.45) is 5.92 Å². The molecule has 1 aromatic heterocycles. The Balaban J connectivity index is 1.78. The van der Waals surface area contributed by atoms with Crippen molar-refractivity contribution >= 4 is 11.7 Å². The molecule has 1 aliphatic heterocycles. The van der Waals surface area contributed by atoms with Crippen LogP contribution >= 0.6 is 0 Å².